The van der Waals surface area contributed by atoms with Gasteiger partial charge in [-0.2, -0.15) is 5.26 Å². The minimum atomic E-state index is -0.532. The summed E-state index contributed by atoms with van der Waals surface area (Å²) in [6.45, 7) is -0.277. The van der Waals surface area contributed by atoms with E-state index in [2.05, 4.69) is 0 Å². The quantitative estimate of drug-likeness (QED) is 0.482. The maximum absolute atomic E-state index is 12.2. The Morgan fingerprint density at radius 3 is 2.64 bits per heavy atom. The van der Waals surface area contributed by atoms with Crippen LogP contribution in [0.15, 0.2) is 54.6 Å². The Hall–Kier alpha value is -3.06. The zero-order chi connectivity index (χ0) is 15.8. The van der Waals surface area contributed by atoms with Gasteiger partial charge in [-0.1, -0.05) is 42.5 Å². The Morgan fingerprint density at radius 2 is 1.95 bits per heavy atom. The molecule has 0 spiro atoms. The van der Waals surface area contributed by atoms with Gasteiger partial charge < -0.3 is 9.47 Å². The third kappa shape index (κ3) is 3.97. The van der Waals surface area contributed by atoms with Crippen molar-refractivity contribution in [2.75, 3.05) is 13.7 Å². The number of methoxy groups -OCH3 is 1. The summed E-state index contributed by atoms with van der Waals surface area (Å²) < 4.78 is 10.1. The maximum atomic E-state index is 12.2. The van der Waals surface area contributed by atoms with Crippen molar-refractivity contribution in [2.24, 2.45) is 0 Å². The molecule has 0 aliphatic carbocycles. The van der Waals surface area contributed by atoms with Crippen LogP contribution in [0.2, 0.25) is 0 Å². The van der Waals surface area contributed by atoms with Gasteiger partial charge in [-0.25, -0.2) is 4.79 Å². The third-order valence-corrected chi connectivity index (χ3v) is 2.98. The van der Waals surface area contributed by atoms with Gasteiger partial charge in [-0.3, -0.25) is 0 Å². The Morgan fingerprint density at radius 1 is 1.18 bits per heavy atom. The second-order valence-electron chi connectivity index (χ2n) is 4.43. The molecule has 0 N–H and O–H groups in total. The minimum absolute atomic E-state index is 0.277. The smallest absolute Gasteiger partial charge is 0.339 e. The molecule has 0 aliphatic rings. The van der Waals surface area contributed by atoms with Gasteiger partial charge >= 0.3 is 5.97 Å². The van der Waals surface area contributed by atoms with Crippen LogP contribution in [0.25, 0.3) is 11.6 Å². The van der Waals surface area contributed by atoms with Crippen molar-refractivity contribution in [1.82, 2.24) is 0 Å². The third-order valence-electron chi connectivity index (χ3n) is 2.98. The monoisotopic (exact) mass is 293 g/mol. The van der Waals surface area contributed by atoms with Crippen LogP contribution in [-0.2, 0) is 9.53 Å². The predicted molar refractivity (Wildman–Crippen MR) is 83.9 cm³/mol. The first-order valence-corrected chi connectivity index (χ1v) is 6.70. The molecule has 0 unspecified atom stereocenters. The van der Waals surface area contributed by atoms with Gasteiger partial charge in [0.2, 0.25) is 0 Å². The lowest BCUT2D eigenvalue weighted by Gasteiger charge is -2.07. The topological polar surface area (TPSA) is 59.3 Å². The highest BCUT2D eigenvalue weighted by molar-refractivity contribution is 6.21. The van der Waals surface area contributed by atoms with Crippen molar-refractivity contribution in [1.29, 1.82) is 5.26 Å². The number of rotatable bonds is 5. The normalized spacial score (nSPS) is 10.6. The summed E-state index contributed by atoms with van der Waals surface area (Å²) >= 11 is 0. The van der Waals surface area contributed by atoms with Crippen LogP contribution in [0.1, 0.15) is 11.1 Å². The highest BCUT2D eigenvalue weighted by atomic mass is 16.5. The van der Waals surface area contributed by atoms with Crippen molar-refractivity contribution >= 4 is 17.6 Å². The maximum Gasteiger partial charge on any atom is 0.339 e. The molecule has 0 fully saturated rings. The summed E-state index contributed by atoms with van der Waals surface area (Å²) in [5.41, 5.74) is 1.93. The molecule has 0 atom stereocenters. The fourth-order valence-electron chi connectivity index (χ4n) is 1.95. The Bertz CT molecular complexity index is 715. The van der Waals surface area contributed by atoms with Crippen molar-refractivity contribution in [3.05, 3.63) is 65.7 Å². The number of carbonyl (C=O) groups is 1. The first-order valence-electron chi connectivity index (χ1n) is 6.70. The molecule has 0 aromatic heterocycles. The van der Waals surface area contributed by atoms with Crippen LogP contribution >= 0.6 is 0 Å². The Kier molecular flexibility index (Phi) is 5.33. The van der Waals surface area contributed by atoms with Crippen LogP contribution in [0.3, 0.4) is 0 Å². The molecule has 2 rings (SSSR count). The zero-order valence-corrected chi connectivity index (χ0v) is 12.2. The van der Waals surface area contributed by atoms with Crippen LogP contribution in [0.4, 0.5) is 0 Å². The molecular weight excluding hydrogens is 278 g/mol. The summed E-state index contributed by atoms with van der Waals surface area (Å²) in [4.78, 5) is 12.2. The number of esters is 1. The summed E-state index contributed by atoms with van der Waals surface area (Å²) in [6, 6.07) is 18.3. The lowest BCUT2D eigenvalue weighted by Crippen LogP contribution is -2.07. The van der Waals surface area contributed by atoms with E-state index >= 15 is 0 Å². The van der Waals surface area contributed by atoms with E-state index in [1.54, 1.807) is 19.3 Å². The summed E-state index contributed by atoms with van der Waals surface area (Å²) in [5.74, 6) is 0.169. The van der Waals surface area contributed by atoms with E-state index in [9.17, 15) is 4.79 Å². The van der Waals surface area contributed by atoms with Crippen molar-refractivity contribution in [2.45, 2.75) is 0 Å². The van der Waals surface area contributed by atoms with E-state index < -0.39 is 5.97 Å². The van der Waals surface area contributed by atoms with Crippen molar-refractivity contribution in [3.8, 4) is 11.8 Å². The molecule has 0 bridgehead atoms. The van der Waals surface area contributed by atoms with Crippen LogP contribution in [0, 0.1) is 11.3 Å². The van der Waals surface area contributed by atoms with Crippen molar-refractivity contribution < 1.29 is 14.3 Å². The average Bonchev–Trinajstić information content (AvgIpc) is 2.58. The molecule has 4 nitrogen and oxygen atoms in total. The van der Waals surface area contributed by atoms with Gasteiger partial charge in [0.15, 0.2) is 6.61 Å². The van der Waals surface area contributed by atoms with Crippen LogP contribution in [0.5, 0.6) is 5.75 Å². The van der Waals surface area contributed by atoms with E-state index in [4.69, 9.17) is 14.7 Å². The Labute approximate surface area is 129 Å². The first-order chi connectivity index (χ1) is 10.7. The molecule has 0 aliphatic heterocycles. The molecule has 0 radical (unpaired) electrons. The SMILES string of the molecule is COc1cccc(/C=C(\C(=O)OCC#N)c2ccccc2)c1. The van der Waals surface area contributed by atoms with E-state index in [0.29, 0.717) is 11.3 Å². The van der Waals surface area contributed by atoms with Crippen LogP contribution < -0.4 is 4.74 Å². The molecule has 4 heteroatoms. The van der Waals surface area contributed by atoms with Crippen molar-refractivity contribution in [3.63, 3.8) is 0 Å². The largest absolute Gasteiger partial charge is 0.497 e. The predicted octanol–water partition coefficient (Wildman–Crippen LogP) is 3.30. The molecule has 0 saturated heterocycles. The van der Waals surface area contributed by atoms with E-state index in [0.717, 1.165) is 11.1 Å². The number of hydrogen-bond donors (Lipinski definition) is 0. The first kappa shape index (κ1) is 15.3. The number of benzene rings is 2. The van der Waals surface area contributed by atoms with Gasteiger partial charge in [0.1, 0.15) is 11.8 Å². The van der Waals surface area contributed by atoms with Gasteiger partial charge in [-0.05, 0) is 29.3 Å². The number of hydrogen-bond acceptors (Lipinski definition) is 4. The molecular formula is C18H15NO3. The molecule has 0 heterocycles. The van der Waals surface area contributed by atoms with E-state index in [-0.39, 0.29) is 6.61 Å². The van der Waals surface area contributed by atoms with Gasteiger partial charge in [0.05, 0.1) is 12.7 Å². The number of nitriles is 1. The minimum Gasteiger partial charge on any atom is -0.497 e. The summed E-state index contributed by atoms with van der Waals surface area (Å²) in [7, 11) is 1.59. The molecule has 2 aromatic rings. The second kappa shape index (κ2) is 7.65. The van der Waals surface area contributed by atoms with Gasteiger partial charge in [0, 0.05) is 0 Å². The molecule has 2 aromatic carbocycles. The molecule has 22 heavy (non-hydrogen) atoms. The van der Waals surface area contributed by atoms with Gasteiger partial charge in [-0.15, -0.1) is 0 Å². The lowest BCUT2D eigenvalue weighted by atomic mass is 10.0. The second-order valence-corrected chi connectivity index (χ2v) is 4.43. The number of carbonyl (C=O) groups excluding carboxylic acids is 1. The summed E-state index contributed by atoms with van der Waals surface area (Å²) in [5, 5.41) is 8.56. The standard InChI is InChI=1S/C18H15NO3/c1-21-16-9-5-6-14(12-16)13-17(18(20)22-11-10-19)15-7-3-2-4-8-15/h2-9,12-13H,11H2,1H3/b17-13-. The van der Waals surface area contributed by atoms with Crippen LogP contribution in [-0.4, -0.2) is 19.7 Å². The fraction of sp³-hybridized carbons (Fsp3) is 0.111. The number of nitrogens with zero attached hydrogens (tertiary/aromatic N) is 1. The molecule has 0 saturated carbocycles. The zero-order valence-electron chi connectivity index (χ0n) is 12.2. The number of ether oxygens (including phenoxy) is 2. The lowest BCUT2D eigenvalue weighted by molar-refractivity contribution is -0.135. The Balaban J connectivity index is 2.41. The average molecular weight is 293 g/mol. The summed E-state index contributed by atoms with van der Waals surface area (Å²) in [6.07, 6.45) is 1.72. The van der Waals surface area contributed by atoms with E-state index in [1.807, 2.05) is 54.6 Å². The van der Waals surface area contributed by atoms with Gasteiger partial charge in [0.25, 0.3) is 0 Å². The van der Waals surface area contributed by atoms with E-state index in [1.165, 1.54) is 0 Å². The fourth-order valence-corrected chi connectivity index (χ4v) is 1.95. The molecule has 0 amide bonds. The highest BCUT2D eigenvalue weighted by Gasteiger charge is 2.13. The molecule has 110 valence electrons. The highest BCUT2D eigenvalue weighted by Crippen LogP contribution is 2.22.